The lowest BCUT2D eigenvalue weighted by molar-refractivity contribution is 0.0527. The molecule has 4 nitrogen and oxygen atoms in total. The maximum Gasteiger partial charge on any atom is 0.340 e. The largest absolute Gasteiger partial charge is 0.462 e. The third-order valence-electron chi connectivity index (χ3n) is 3.69. The van der Waals surface area contributed by atoms with Crippen LogP contribution in [-0.2, 0) is 4.74 Å². The van der Waals surface area contributed by atoms with Crippen LogP contribution in [0.15, 0.2) is 18.2 Å². The van der Waals surface area contributed by atoms with E-state index in [2.05, 4.69) is 43.6 Å². The van der Waals surface area contributed by atoms with Gasteiger partial charge in [-0.1, -0.05) is 6.07 Å². The van der Waals surface area contributed by atoms with Gasteiger partial charge >= 0.3 is 5.97 Å². The van der Waals surface area contributed by atoms with E-state index in [9.17, 15) is 4.79 Å². The third-order valence-corrected chi connectivity index (χ3v) is 3.69. The first-order valence-electron chi connectivity index (χ1n) is 7.94. The lowest BCUT2D eigenvalue weighted by Crippen LogP contribution is -2.30. The van der Waals surface area contributed by atoms with Gasteiger partial charge in [-0.3, -0.25) is 0 Å². The first-order valence-corrected chi connectivity index (χ1v) is 7.94. The smallest absolute Gasteiger partial charge is 0.340 e. The SMILES string of the molecule is CCOC(=O)c1cccc(N(CC)CC)c1N(CC)CC. The van der Waals surface area contributed by atoms with Crippen LogP contribution in [0.3, 0.4) is 0 Å². The van der Waals surface area contributed by atoms with Crippen LogP contribution in [0.1, 0.15) is 45.0 Å². The van der Waals surface area contributed by atoms with Gasteiger partial charge in [0.1, 0.15) is 0 Å². The van der Waals surface area contributed by atoms with Crippen molar-refractivity contribution in [2.45, 2.75) is 34.6 Å². The fourth-order valence-electron chi connectivity index (χ4n) is 2.60. The molecule has 0 bridgehead atoms. The minimum Gasteiger partial charge on any atom is -0.462 e. The van der Waals surface area contributed by atoms with E-state index in [1.54, 1.807) is 0 Å². The zero-order chi connectivity index (χ0) is 15.8. The number of hydrogen-bond donors (Lipinski definition) is 0. The van der Waals surface area contributed by atoms with Gasteiger partial charge in [0.2, 0.25) is 0 Å². The average molecular weight is 292 g/mol. The molecule has 0 radical (unpaired) electrons. The van der Waals surface area contributed by atoms with Crippen molar-refractivity contribution in [1.29, 1.82) is 0 Å². The zero-order valence-electron chi connectivity index (χ0n) is 14.0. The number of hydrogen-bond acceptors (Lipinski definition) is 4. The van der Waals surface area contributed by atoms with Crippen molar-refractivity contribution in [3.05, 3.63) is 23.8 Å². The second-order valence-corrected chi connectivity index (χ2v) is 4.74. The topological polar surface area (TPSA) is 32.8 Å². The third kappa shape index (κ3) is 3.90. The fourth-order valence-corrected chi connectivity index (χ4v) is 2.60. The van der Waals surface area contributed by atoms with Crippen LogP contribution in [-0.4, -0.2) is 38.8 Å². The van der Waals surface area contributed by atoms with Crippen molar-refractivity contribution < 1.29 is 9.53 Å². The average Bonchev–Trinajstić information content (AvgIpc) is 2.51. The summed E-state index contributed by atoms with van der Waals surface area (Å²) < 4.78 is 5.23. The van der Waals surface area contributed by atoms with Gasteiger partial charge in [-0.15, -0.1) is 0 Å². The molecule has 21 heavy (non-hydrogen) atoms. The molecule has 0 unspecified atom stereocenters. The summed E-state index contributed by atoms with van der Waals surface area (Å²) >= 11 is 0. The Morgan fingerprint density at radius 1 is 0.952 bits per heavy atom. The summed E-state index contributed by atoms with van der Waals surface area (Å²) in [5.74, 6) is -0.242. The summed E-state index contributed by atoms with van der Waals surface area (Å²) in [7, 11) is 0. The lowest BCUT2D eigenvalue weighted by atomic mass is 10.1. The zero-order valence-corrected chi connectivity index (χ0v) is 14.0. The Labute approximate surface area is 128 Å². The van der Waals surface area contributed by atoms with E-state index in [0.29, 0.717) is 12.2 Å². The number of carbonyl (C=O) groups is 1. The molecule has 1 rings (SSSR count). The predicted molar refractivity (Wildman–Crippen MR) is 89.5 cm³/mol. The Hall–Kier alpha value is -1.71. The van der Waals surface area contributed by atoms with Crippen LogP contribution >= 0.6 is 0 Å². The Bertz CT molecular complexity index is 452. The number of carbonyl (C=O) groups excluding carboxylic acids is 1. The van der Waals surface area contributed by atoms with E-state index in [1.807, 2.05) is 19.1 Å². The van der Waals surface area contributed by atoms with Crippen LogP contribution in [0, 0.1) is 0 Å². The number of rotatable bonds is 8. The minimum absolute atomic E-state index is 0.242. The Kier molecular flexibility index (Phi) is 7.06. The Morgan fingerprint density at radius 3 is 2.00 bits per heavy atom. The van der Waals surface area contributed by atoms with Crippen LogP contribution < -0.4 is 9.80 Å². The standard InChI is InChI=1S/C17H28N2O2/c1-6-18(7-2)15-13-11-12-14(17(20)21-10-5)16(15)19(8-3)9-4/h11-13H,6-10H2,1-5H3. The van der Waals surface area contributed by atoms with E-state index in [1.165, 1.54) is 0 Å². The summed E-state index contributed by atoms with van der Waals surface area (Å²) in [5.41, 5.74) is 2.75. The summed E-state index contributed by atoms with van der Waals surface area (Å²) in [6.07, 6.45) is 0. The summed E-state index contributed by atoms with van der Waals surface area (Å²) in [5, 5.41) is 0. The van der Waals surface area contributed by atoms with E-state index < -0.39 is 0 Å². The number of ether oxygens (including phenoxy) is 1. The molecule has 0 heterocycles. The van der Waals surface area contributed by atoms with Gasteiger partial charge in [0.25, 0.3) is 0 Å². The molecule has 0 amide bonds. The van der Waals surface area contributed by atoms with Crippen molar-refractivity contribution in [2.75, 3.05) is 42.6 Å². The molecule has 118 valence electrons. The molecule has 0 atom stereocenters. The van der Waals surface area contributed by atoms with Gasteiger partial charge < -0.3 is 14.5 Å². The molecular weight excluding hydrogens is 264 g/mol. The number of esters is 1. The molecule has 0 aliphatic heterocycles. The predicted octanol–water partition coefficient (Wildman–Crippen LogP) is 3.56. The monoisotopic (exact) mass is 292 g/mol. The van der Waals surface area contributed by atoms with Crippen molar-refractivity contribution in [2.24, 2.45) is 0 Å². The maximum atomic E-state index is 12.3. The highest BCUT2D eigenvalue weighted by Gasteiger charge is 2.21. The molecule has 0 aromatic heterocycles. The highest BCUT2D eigenvalue weighted by molar-refractivity contribution is 5.99. The highest BCUT2D eigenvalue weighted by atomic mass is 16.5. The van der Waals surface area contributed by atoms with Gasteiger partial charge in [-0.05, 0) is 46.8 Å². The van der Waals surface area contributed by atoms with Crippen LogP contribution in [0.4, 0.5) is 11.4 Å². The first-order chi connectivity index (χ1) is 10.1. The maximum absolute atomic E-state index is 12.3. The Morgan fingerprint density at radius 2 is 1.52 bits per heavy atom. The van der Waals surface area contributed by atoms with E-state index in [4.69, 9.17) is 4.74 Å². The number of benzene rings is 1. The highest BCUT2D eigenvalue weighted by Crippen LogP contribution is 2.33. The number of nitrogens with zero attached hydrogens (tertiary/aromatic N) is 2. The molecule has 0 N–H and O–H groups in total. The molecule has 4 heteroatoms. The molecule has 0 aliphatic rings. The molecular formula is C17H28N2O2. The minimum atomic E-state index is -0.242. The second kappa shape index (κ2) is 8.55. The van der Waals surface area contributed by atoms with Gasteiger partial charge in [0.05, 0.1) is 23.5 Å². The fraction of sp³-hybridized carbons (Fsp3) is 0.588. The molecule has 1 aromatic carbocycles. The van der Waals surface area contributed by atoms with Crippen LogP contribution in [0.25, 0.3) is 0 Å². The normalized spacial score (nSPS) is 10.3. The quantitative estimate of drug-likeness (QED) is 0.686. The molecule has 0 saturated carbocycles. The van der Waals surface area contributed by atoms with Gasteiger partial charge in [-0.25, -0.2) is 4.79 Å². The first kappa shape index (κ1) is 17.3. The number of anilines is 2. The van der Waals surface area contributed by atoms with Gasteiger partial charge in [0.15, 0.2) is 0 Å². The van der Waals surface area contributed by atoms with Crippen molar-refractivity contribution >= 4 is 17.3 Å². The van der Waals surface area contributed by atoms with Crippen molar-refractivity contribution in [1.82, 2.24) is 0 Å². The molecule has 0 aliphatic carbocycles. The summed E-state index contributed by atoms with van der Waals surface area (Å²) in [4.78, 5) is 16.8. The summed E-state index contributed by atoms with van der Waals surface area (Å²) in [6, 6.07) is 5.88. The Balaban J connectivity index is 3.43. The molecule has 0 fully saturated rings. The lowest BCUT2D eigenvalue weighted by Gasteiger charge is -2.31. The number of para-hydroxylation sites is 1. The van der Waals surface area contributed by atoms with Gasteiger partial charge in [-0.2, -0.15) is 0 Å². The van der Waals surface area contributed by atoms with E-state index >= 15 is 0 Å². The summed E-state index contributed by atoms with van der Waals surface area (Å²) in [6.45, 7) is 14.3. The van der Waals surface area contributed by atoms with E-state index in [-0.39, 0.29) is 5.97 Å². The van der Waals surface area contributed by atoms with Gasteiger partial charge in [0, 0.05) is 26.2 Å². The van der Waals surface area contributed by atoms with Crippen molar-refractivity contribution in [3.63, 3.8) is 0 Å². The van der Waals surface area contributed by atoms with E-state index in [0.717, 1.165) is 37.6 Å². The molecule has 1 aromatic rings. The molecule has 0 saturated heterocycles. The second-order valence-electron chi connectivity index (χ2n) is 4.74. The molecule has 0 spiro atoms. The van der Waals surface area contributed by atoms with Crippen LogP contribution in [0.5, 0.6) is 0 Å². The van der Waals surface area contributed by atoms with Crippen LogP contribution in [0.2, 0.25) is 0 Å². The van der Waals surface area contributed by atoms with Crippen molar-refractivity contribution in [3.8, 4) is 0 Å².